The second kappa shape index (κ2) is 7.30. The van der Waals surface area contributed by atoms with Crippen molar-refractivity contribution in [2.75, 3.05) is 31.6 Å². The van der Waals surface area contributed by atoms with Crippen LogP contribution in [0.3, 0.4) is 0 Å². The Morgan fingerprint density at radius 2 is 2.21 bits per heavy atom. The Bertz CT molecular complexity index is 548. The molecule has 9 heteroatoms. The van der Waals surface area contributed by atoms with Crippen molar-refractivity contribution in [3.05, 3.63) is 17.5 Å². The van der Waals surface area contributed by atoms with Gasteiger partial charge in [-0.05, 0) is 17.5 Å². The summed E-state index contributed by atoms with van der Waals surface area (Å²) in [7, 11) is 0. The highest BCUT2D eigenvalue weighted by atomic mass is 32.1. The Labute approximate surface area is 142 Å². The Morgan fingerprint density at radius 3 is 2.88 bits per heavy atom. The van der Waals surface area contributed by atoms with Gasteiger partial charge < -0.3 is 20.1 Å². The first kappa shape index (κ1) is 17.5. The summed E-state index contributed by atoms with van der Waals surface area (Å²) in [4.78, 5) is 13.8. The van der Waals surface area contributed by atoms with Crippen molar-refractivity contribution in [2.24, 2.45) is 0 Å². The largest absolute Gasteiger partial charge is 0.388 e. The number of carbonyl (C=O) groups is 1. The molecule has 0 aliphatic carbocycles. The van der Waals surface area contributed by atoms with E-state index in [0.29, 0.717) is 11.5 Å². The number of halogens is 2. The molecule has 1 aromatic heterocycles. The monoisotopic (exact) mass is 361 g/mol. The summed E-state index contributed by atoms with van der Waals surface area (Å²) in [6.45, 7) is 1.17. The van der Waals surface area contributed by atoms with Crippen molar-refractivity contribution in [3.63, 3.8) is 0 Å². The number of hydrogen-bond donors (Lipinski definition) is 3. The molecule has 3 N–H and O–H groups in total. The Hall–Kier alpha value is -1.29. The van der Waals surface area contributed by atoms with Gasteiger partial charge in [0.15, 0.2) is 0 Å². The minimum atomic E-state index is -2.59. The van der Waals surface area contributed by atoms with Gasteiger partial charge in [0.25, 0.3) is 5.92 Å². The van der Waals surface area contributed by atoms with Gasteiger partial charge in [-0.1, -0.05) is 0 Å². The normalized spacial score (nSPS) is 30.2. The number of rotatable bonds is 4. The molecular formula is C15H21F2N3O3S. The molecule has 24 heavy (non-hydrogen) atoms. The van der Waals surface area contributed by atoms with Crippen LogP contribution in [-0.2, 0) is 4.74 Å². The molecule has 2 aliphatic heterocycles. The van der Waals surface area contributed by atoms with Gasteiger partial charge in [-0.15, -0.1) is 11.3 Å². The number of piperidine rings is 1. The lowest BCUT2D eigenvalue weighted by Gasteiger charge is -2.33. The van der Waals surface area contributed by atoms with Gasteiger partial charge in [0.2, 0.25) is 0 Å². The number of aliphatic hydroxyl groups excluding tert-OH is 1. The topological polar surface area (TPSA) is 73.8 Å². The number of nitrogens with zero attached hydrogens (tertiary/aromatic N) is 1. The van der Waals surface area contributed by atoms with Gasteiger partial charge in [0.1, 0.15) is 6.10 Å². The number of thiophene rings is 1. The fourth-order valence-electron chi connectivity index (χ4n) is 2.95. The van der Waals surface area contributed by atoms with Crippen LogP contribution in [0.4, 0.5) is 18.6 Å². The quantitative estimate of drug-likeness (QED) is 0.764. The van der Waals surface area contributed by atoms with E-state index >= 15 is 0 Å². The highest BCUT2D eigenvalue weighted by Gasteiger charge is 2.40. The molecule has 2 saturated heterocycles. The van der Waals surface area contributed by atoms with Crippen LogP contribution in [0.25, 0.3) is 0 Å². The second-order valence-corrected chi connectivity index (χ2v) is 7.15. The molecule has 6 nitrogen and oxygen atoms in total. The molecule has 2 fully saturated rings. The Kier molecular flexibility index (Phi) is 5.33. The number of amides is 2. The maximum absolute atomic E-state index is 13.2. The number of hydrogen-bond acceptors (Lipinski definition) is 5. The van der Waals surface area contributed by atoms with E-state index in [4.69, 9.17) is 4.74 Å². The van der Waals surface area contributed by atoms with Crippen molar-refractivity contribution in [2.45, 2.75) is 37.0 Å². The summed E-state index contributed by atoms with van der Waals surface area (Å²) in [5, 5.41) is 18.3. The molecule has 134 valence electrons. The molecule has 3 unspecified atom stereocenters. The summed E-state index contributed by atoms with van der Waals surface area (Å²) in [5.74, 6) is -2.59. The summed E-state index contributed by atoms with van der Waals surface area (Å²) in [5.41, 5.74) is 0. The van der Waals surface area contributed by atoms with Crippen LogP contribution in [0.15, 0.2) is 17.5 Å². The Balaban J connectivity index is 1.44. The average Bonchev–Trinajstić information content (AvgIpc) is 3.14. The fourth-order valence-corrected chi connectivity index (χ4v) is 3.57. The summed E-state index contributed by atoms with van der Waals surface area (Å²) < 4.78 is 31.9. The lowest BCUT2D eigenvalue weighted by Crippen LogP contribution is -2.49. The lowest BCUT2D eigenvalue weighted by atomic mass is 10.0. The van der Waals surface area contributed by atoms with E-state index in [9.17, 15) is 18.7 Å². The van der Waals surface area contributed by atoms with Gasteiger partial charge in [0.05, 0.1) is 23.8 Å². The predicted molar refractivity (Wildman–Crippen MR) is 86.6 cm³/mol. The van der Waals surface area contributed by atoms with Crippen LogP contribution in [0, 0.1) is 0 Å². The highest BCUT2D eigenvalue weighted by molar-refractivity contribution is 7.14. The van der Waals surface area contributed by atoms with Gasteiger partial charge in [-0.2, -0.15) is 0 Å². The van der Waals surface area contributed by atoms with Crippen LogP contribution >= 0.6 is 11.3 Å². The molecule has 2 aliphatic rings. The summed E-state index contributed by atoms with van der Waals surface area (Å²) >= 11 is 1.40. The summed E-state index contributed by atoms with van der Waals surface area (Å²) in [6.07, 6.45) is -1.67. The average molecular weight is 361 g/mol. The van der Waals surface area contributed by atoms with E-state index in [0.717, 1.165) is 0 Å². The number of urea groups is 1. The van der Waals surface area contributed by atoms with Gasteiger partial charge in [-0.3, -0.25) is 5.32 Å². The molecule has 1 aromatic rings. The zero-order chi connectivity index (χ0) is 17.2. The van der Waals surface area contributed by atoms with E-state index in [2.05, 4.69) is 10.6 Å². The molecule has 0 saturated carbocycles. The van der Waals surface area contributed by atoms with E-state index in [-0.39, 0.29) is 32.5 Å². The minimum absolute atomic E-state index is 0.166. The number of aliphatic hydroxyl groups is 1. The SMILES string of the molecule is O=C(Nc1cccs1)NC1COC(CN2CCC(F)(F)CC2)C1O. The molecular weight excluding hydrogens is 340 g/mol. The van der Waals surface area contributed by atoms with Crippen molar-refractivity contribution in [1.29, 1.82) is 0 Å². The first-order chi connectivity index (χ1) is 11.4. The first-order valence-corrected chi connectivity index (χ1v) is 8.82. The van der Waals surface area contributed by atoms with Crippen LogP contribution in [0.1, 0.15) is 12.8 Å². The molecule has 0 spiro atoms. The fraction of sp³-hybridized carbons (Fsp3) is 0.667. The molecule has 0 radical (unpaired) electrons. The smallest absolute Gasteiger partial charge is 0.320 e. The highest BCUT2D eigenvalue weighted by Crippen LogP contribution is 2.28. The van der Waals surface area contributed by atoms with E-state index in [1.165, 1.54) is 11.3 Å². The maximum atomic E-state index is 13.2. The zero-order valence-corrected chi connectivity index (χ0v) is 13.9. The third-order valence-corrected chi connectivity index (χ3v) is 5.17. The Morgan fingerprint density at radius 1 is 1.46 bits per heavy atom. The van der Waals surface area contributed by atoms with E-state index in [1.807, 2.05) is 16.3 Å². The number of ether oxygens (including phenoxy) is 1. The standard InChI is InChI=1S/C15H21F2N3O3S/c16-15(17)3-5-20(6-4-15)8-11-13(21)10(9-23-11)18-14(22)19-12-2-1-7-24-12/h1-2,7,10-11,13,21H,3-6,8-9H2,(H2,18,19,22). The molecule has 0 aromatic carbocycles. The predicted octanol–water partition coefficient (Wildman–Crippen LogP) is 1.73. The van der Waals surface area contributed by atoms with Crippen LogP contribution in [0.2, 0.25) is 0 Å². The van der Waals surface area contributed by atoms with E-state index in [1.54, 1.807) is 6.07 Å². The third kappa shape index (κ3) is 4.41. The number of alkyl halides is 2. The number of carbonyl (C=O) groups excluding carboxylic acids is 1. The van der Waals surface area contributed by atoms with Crippen LogP contribution in [0.5, 0.6) is 0 Å². The van der Waals surface area contributed by atoms with Crippen molar-refractivity contribution in [3.8, 4) is 0 Å². The summed E-state index contributed by atoms with van der Waals surface area (Å²) in [6, 6.07) is 2.69. The lowest BCUT2D eigenvalue weighted by molar-refractivity contribution is -0.0674. The van der Waals surface area contributed by atoms with Gasteiger partial charge >= 0.3 is 6.03 Å². The van der Waals surface area contributed by atoms with Crippen molar-refractivity contribution >= 4 is 22.4 Å². The van der Waals surface area contributed by atoms with Crippen molar-refractivity contribution in [1.82, 2.24) is 10.2 Å². The number of likely N-dealkylation sites (tertiary alicyclic amines) is 1. The molecule has 3 rings (SSSR count). The molecule has 2 amide bonds. The van der Waals surface area contributed by atoms with E-state index < -0.39 is 30.2 Å². The van der Waals surface area contributed by atoms with Crippen molar-refractivity contribution < 1.29 is 23.4 Å². The molecule has 0 bridgehead atoms. The minimum Gasteiger partial charge on any atom is -0.388 e. The van der Waals surface area contributed by atoms with Crippen LogP contribution in [-0.4, -0.2) is 66.5 Å². The zero-order valence-electron chi connectivity index (χ0n) is 13.1. The third-order valence-electron chi connectivity index (χ3n) is 4.38. The van der Waals surface area contributed by atoms with Crippen LogP contribution < -0.4 is 10.6 Å². The van der Waals surface area contributed by atoms with Gasteiger partial charge in [-0.25, -0.2) is 13.6 Å². The number of nitrogens with one attached hydrogen (secondary N) is 2. The first-order valence-electron chi connectivity index (χ1n) is 7.94. The van der Waals surface area contributed by atoms with Gasteiger partial charge in [0, 0.05) is 32.5 Å². The molecule has 3 heterocycles. The molecule has 3 atom stereocenters. The second-order valence-electron chi connectivity index (χ2n) is 6.20. The number of anilines is 1. The maximum Gasteiger partial charge on any atom is 0.320 e.